The second-order valence-electron chi connectivity index (χ2n) is 6.28. The predicted molar refractivity (Wildman–Crippen MR) is 113 cm³/mol. The number of nitrogens with zero attached hydrogens (tertiary/aromatic N) is 1. The fourth-order valence-corrected chi connectivity index (χ4v) is 2.85. The van der Waals surface area contributed by atoms with Crippen LogP contribution in [0.2, 0.25) is 0 Å². The maximum Gasteiger partial charge on any atom is 0.191 e. The van der Waals surface area contributed by atoms with Gasteiger partial charge in [-0.2, -0.15) is 0 Å². The third-order valence-electron chi connectivity index (χ3n) is 4.40. The molecule has 6 heteroatoms. The van der Waals surface area contributed by atoms with Crippen LogP contribution in [0.15, 0.2) is 53.5 Å². The van der Waals surface area contributed by atoms with Crippen molar-refractivity contribution in [3.8, 4) is 11.5 Å². The Morgan fingerprint density at radius 1 is 1.00 bits per heavy atom. The van der Waals surface area contributed by atoms with Crippen molar-refractivity contribution in [2.75, 3.05) is 34.4 Å². The molecule has 152 valence electrons. The minimum Gasteiger partial charge on any atom is -0.493 e. The first-order chi connectivity index (χ1) is 13.7. The zero-order valence-electron chi connectivity index (χ0n) is 17.2. The summed E-state index contributed by atoms with van der Waals surface area (Å²) in [5.41, 5.74) is 2.20. The second kappa shape index (κ2) is 11.9. The number of methoxy groups -OCH3 is 2. The van der Waals surface area contributed by atoms with Gasteiger partial charge in [0.2, 0.25) is 0 Å². The van der Waals surface area contributed by atoms with Gasteiger partial charge in [-0.1, -0.05) is 42.5 Å². The molecule has 0 radical (unpaired) electrons. The predicted octanol–water partition coefficient (Wildman–Crippen LogP) is 3.54. The number of para-hydroxylation sites is 1. The Bertz CT molecular complexity index is 735. The molecular weight excluding hydrogens is 354 g/mol. The molecule has 0 aliphatic carbocycles. The van der Waals surface area contributed by atoms with E-state index in [0.717, 1.165) is 36.0 Å². The van der Waals surface area contributed by atoms with Crippen molar-refractivity contribution in [2.24, 2.45) is 4.99 Å². The third-order valence-corrected chi connectivity index (χ3v) is 4.40. The van der Waals surface area contributed by atoms with E-state index in [0.29, 0.717) is 13.2 Å². The SMILES string of the molecule is CN=C(NCCCOC(C)c1ccccc1)NCc1cccc(OC)c1OC. The van der Waals surface area contributed by atoms with Crippen molar-refractivity contribution < 1.29 is 14.2 Å². The molecule has 0 aliphatic rings. The normalized spacial score (nSPS) is 12.4. The summed E-state index contributed by atoms with van der Waals surface area (Å²) in [5, 5.41) is 6.61. The van der Waals surface area contributed by atoms with Crippen LogP contribution in [0.5, 0.6) is 11.5 Å². The summed E-state index contributed by atoms with van der Waals surface area (Å²) in [6, 6.07) is 16.1. The van der Waals surface area contributed by atoms with Gasteiger partial charge in [-0.15, -0.1) is 0 Å². The largest absolute Gasteiger partial charge is 0.493 e. The number of ether oxygens (including phenoxy) is 3. The van der Waals surface area contributed by atoms with E-state index in [1.54, 1.807) is 21.3 Å². The molecule has 0 saturated carbocycles. The van der Waals surface area contributed by atoms with Crippen LogP contribution < -0.4 is 20.1 Å². The maximum absolute atomic E-state index is 5.90. The van der Waals surface area contributed by atoms with Gasteiger partial charge in [-0.25, -0.2) is 0 Å². The smallest absolute Gasteiger partial charge is 0.191 e. The first kappa shape index (κ1) is 21.6. The van der Waals surface area contributed by atoms with E-state index in [9.17, 15) is 0 Å². The summed E-state index contributed by atoms with van der Waals surface area (Å²) >= 11 is 0. The lowest BCUT2D eigenvalue weighted by atomic mass is 10.1. The summed E-state index contributed by atoms with van der Waals surface area (Å²) in [4.78, 5) is 4.26. The summed E-state index contributed by atoms with van der Waals surface area (Å²) in [5.74, 6) is 2.19. The lowest BCUT2D eigenvalue weighted by Gasteiger charge is -2.16. The zero-order chi connectivity index (χ0) is 20.2. The highest BCUT2D eigenvalue weighted by molar-refractivity contribution is 5.79. The topological polar surface area (TPSA) is 64.1 Å². The molecule has 2 aromatic carbocycles. The van der Waals surface area contributed by atoms with Gasteiger partial charge < -0.3 is 24.8 Å². The molecular formula is C22H31N3O3. The first-order valence-corrected chi connectivity index (χ1v) is 9.50. The van der Waals surface area contributed by atoms with Gasteiger partial charge in [0.25, 0.3) is 0 Å². The zero-order valence-corrected chi connectivity index (χ0v) is 17.2. The molecule has 1 unspecified atom stereocenters. The highest BCUT2D eigenvalue weighted by Gasteiger charge is 2.10. The molecule has 2 rings (SSSR count). The molecule has 1 atom stereocenters. The number of benzene rings is 2. The fourth-order valence-electron chi connectivity index (χ4n) is 2.85. The highest BCUT2D eigenvalue weighted by Crippen LogP contribution is 2.30. The van der Waals surface area contributed by atoms with E-state index in [1.165, 1.54) is 5.56 Å². The lowest BCUT2D eigenvalue weighted by molar-refractivity contribution is 0.0646. The molecule has 0 amide bonds. The van der Waals surface area contributed by atoms with Gasteiger partial charge in [0.1, 0.15) is 0 Å². The van der Waals surface area contributed by atoms with Crippen LogP contribution in [0.4, 0.5) is 0 Å². The molecule has 0 fully saturated rings. The van der Waals surface area contributed by atoms with E-state index in [1.807, 2.05) is 36.4 Å². The number of aliphatic imine (C=N–C) groups is 1. The quantitative estimate of drug-likeness (QED) is 0.372. The van der Waals surface area contributed by atoms with Gasteiger partial charge in [0, 0.05) is 32.3 Å². The lowest BCUT2D eigenvalue weighted by Crippen LogP contribution is -2.37. The average Bonchev–Trinajstić information content (AvgIpc) is 2.75. The Labute approximate surface area is 167 Å². The van der Waals surface area contributed by atoms with Crippen molar-refractivity contribution in [3.63, 3.8) is 0 Å². The minimum absolute atomic E-state index is 0.0964. The van der Waals surface area contributed by atoms with Gasteiger partial charge in [0.05, 0.1) is 20.3 Å². The summed E-state index contributed by atoms with van der Waals surface area (Å²) in [6.45, 7) is 4.12. The van der Waals surface area contributed by atoms with Gasteiger partial charge in [-0.3, -0.25) is 4.99 Å². The molecule has 28 heavy (non-hydrogen) atoms. The second-order valence-corrected chi connectivity index (χ2v) is 6.28. The van der Waals surface area contributed by atoms with Crippen LogP contribution in [0.3, 0.4) is 0 Å². The summed E-state index contributed by atoms with van der Waals surface area (Å²) in [7, 11) is 5.03. The maximum atomic E-state index is 5.90. The van der Waals surface area contributed by atoms with E-state index in [4.69, 9.17) is 14.2 Å². The van der Waals surface area contributed by atoms with E-state index in [2.05, 4.69) is 34.7 Å². The molecule has 0 aromatic heterocycles. The fraction of sp³-hybridized carbons (Fsp3) is 0.409. The molecule has 2 N–H and O–H groups in total. The number of hydrogen-bond donors (Lipinski definition) is 2. The first-order valence-electron chi connectivity index (χ1n) is 9.50. The van der Waals surface area contributed by atoms with Gasteiger partial charge >= 0.3 is 0 Å². The number of rotatable bonds is 10. The number of nitrogens with one attached hydrogen (secondary N) is 2. The highest BCUT2D eigenvalue weighted by atomic mass is 16.5. The van der Waals surface area contributed by atoms with Crippen molar-refractivity contribution in [2.45, 2.75) is 26.0 Å². The number of guanidine groups is 1. The van der Waals surface area contributed by atoms with E-state index in [-0.39, 0.29) is 6.10 Å². The Morgan fingerprint density at radius 2 is 1.79 bits per heavy atom. The van der Waals surface area contributed by atoms with Crippen molar-refractivity contribution in [1.29, 1.82) is 0 Å². The summed E-state index contributed by atoms with van der Waals surface area (Å²) < 4.78 is 16.7. The van der Waals surface area contributed by atoms with Crippen LogP contribution in [0.25, 0.3) is 0 Å². The van der Waals surface area contributed by atoms with Crippen LogP contribution in [0.1, 0.15) is 30.6 Å². The molecule has 6 nitrogen and oxygen atoms in total. The standard InChI is InChI=1S/C22H31N3O3/c1-17(18-10-6-5-7-11-18)28-15-9-14-24-22(23-2)25-16-19-12-8-13-20(26-3)21(19)27-4/h5-8,10-13,17H,9,14-16H2,1-4H3,(H2,23,24,25). The van der Waals surface area contributed by atoms with Crippen LogP contribution in [-0.2, 0) is 11.3 Å². The van der Waals surface area contributed by atoms with Crippen LogP contribution in [0, 0.1) is 0 Å². The molecule has 0 spiro atoms. The van der Waals surface area contributed by atoms with Gasteiger partial charge in [0.15, 0.2) is 17.5 Å². The van der Waals surface area contributed by atoms with E-state index < -0.39 is 0 Å². The Hall–Kier alpha value is -2.73. The Morgan fingerprint density at radius 3 is 2.46 bits per heavy atom. The minimum atomic E-state index is 0.0964. The molecule has 0 aliphatic heterocycles. The molecule has 0 bridgehead atoms. The number of hydrogen-bond acceptors (Lipinski definition) is 4. The van der Waals surface area contributed by atoms with E-state index >= 15 is 0 Å². The van der Waals surface area contributed by atoms with Crippen LogP contribution >= 0.6 is 0 Å². The summed E-state index contributed by atoms with van der Waals surface area (Å²) in [6.07, 6.45) is 0.986. The monoisotopic (exact) mass is 385 g/mol. The van der Waals surface area contributed by atoms with Crippen LogP contribution in [-0.4, -0.2) is 40.4 Å². The van der Waals surface area contributed by atoms with Crippen molar-refractivity contribution >= 4 is 5.96 Å². The van der Waals surface area contributed by atoms with Gasteiger partial charge in [-0.05, 0) is 25.0 Å². The van der Waals surface area contributed by atoms with Crippen molar-refractivity contribution in [3.05, 3.63) is 59.7 Å². The third kappa shape index (κ3) is 6.46. The molecule has 2 aromatic rings. The van der Waals surface area contributed by atoms with Crippen molar-refractivity contribution in [1.82, 2.24) is 10.6 Å². The average molecular weight is 386 g/mol. The molecule has 0 saturated heterocycles. The molecule has 0 heterocycles. The Balaban J connectivity index is 1.72. The Kier molecular flexibility index (Phi) is 9.15.